The minimum absolute atomic E-state index is 0.0316. The van der Waals surface area contributed by atoms with Crippen LogP contribution in [0.15, 0.2) is 77.8 Å². The Morgan fingerprint density at radius 1 is 1.00 bits per heavy atom. The Kier molecular flexibility index (Phi) is 13.2. The predicted molar refractivity (Wildman–Crippen MR) is 243 cm³/mol. The summed E-state index contributed by atoms with van der Waals surface area (Å²) in [4.78, 5) is 66.8. The van der Waals surface area contributed by atoms with E-state index in [9.17, 15) is 23.6 Å². The summed E-state index contributed by atoms with van der Waals surface area (Å²) in [6, 6.07) is 8.48. The largest absolute Gasteiger partial charge is 0.371 e. The van der Waals surface area contributed by atoms with Gasteiger partial charge in [-0.25, -0.2) is 23.1 Å². The number of aromatic nitrogens is 4. The molecule has 8 rings (SSSR count). The van der Waals surface area contributed by atoms with Crippen molar-refractivity contribution in [2.45, 2.75) is 44.9 Å². The average Bonchev–Trinajstić information content (AvgIpc) is 3.62. The molecule has 0 aliphatic carbocycles. The number of halogens is 2. The van der Waals surface area contributed by atoms with Gasteiger partial charge >= 0.3 is 0 Å². The Hall–Kier alpha value is -6.47. The minimum Gasteiger partial charge on any atom is -0.371 e. The summed E-state index contributed by atoms with van der Waals surface area (Å²) in [5.41, 5.74) is 5.87. The van der Waals surface area contributed by atoms with Crippen molar-refractivity contribution >= 4 is 75.7 Å². The molecule has 3 fully saturated rings. The third kappa shape index (κ3) is 9.40. The number of piperazine rings is 1. The van der Waals surface area contributed by atoms with E-state index in [-0.39, 0.29) is 40.5 Å². The smallest absolute Gasteiger partial charge is 0.235 e. The fourth-order valence-electron chi connectivity index (χ4n) is 8.38. The fraction of sp³-hybridized carbons (Fsp3) is 0.378. The molecular weight excluding hydrogens is 843 g/mol. The zero-order valence-electron chi connectivity index (χ0n) is 35.9. The van der Waals surface area contributed by atoms with Crippen molar-refractivity contribution in [3.8, 4) is 0 Å². The lowest BCUT2D eigenvalue weighted by atomic mass is 9.91. The molecule has 3 amide bonds. The molecule has 19 heteroatoms. The Morgan fingerprint density at radius 2 is 1.75 bits per heavy atom. The van der Waals surface area contributed by atoms with Crippen molar-refractivity contribution in [2.24, 2.45) is 18.1 Å². The van der Waals surface area contributed by atoms with Crippen LogP contribution in [-0.4, -0.2) is 112 Å². The first-order chi connectivity index (χ1) is 30.9. The van der Waals surface area contributed by atoms with Gasteiger partial charge in [0.15, 0.2) is 5.82 Å². The number of aryl methyl sites for hydroxylation is 1. The van der Waals surface area contributed by atoms with Crippen molar-refractivity contribution in [1.29, 1.82) is 0 Å². The number of hydrazone groups is 1. The molecule has 1 unspecified atom stereocenters. The van der Waals surface area contributed by atoms with Gasteiger partial charge in [0.1, 0.15) is 5.82 Å². The normalized spacial score (nSPS) is 20.8. The van der Waals surface area contributed by atoms with E-state index in [1.807, 2.05) is 34.1 Å². The highest BCUT2D eigenvalue weighted by Gasteiger charge is 2.33. The fourth-order valence-corrected chi connectivity index (χ4v) is 8.92. The number of carbonyl (C=O) groups excluding carboxylic acids is 4. The second-order valence-corrected chi connectivity index (χ2v) is 17.3. The highest BCUT2D eigenvalue weighted by Crippen LogP contribution is 2.34. The molecule has 334 valence electrons. The summed E-state index contributed by atoms with van der Waals surface area (Å²) in [5, 5.41) is 12.2. The summed E-state index contributed by atoms with van der Waals surface area (Å²) >= 11 is 1.12. The lowest BCUT2D eigenvalue weighted by Gasteiger charge is -2.37. The molecule has 0 radical (unpaired) electrons. The first kappa shape index (κ1) is 44.1. The number of imide groups is 1. The summed E-state index contributed by atoms with van der Waals surface area (Å²) in [5.74, 6) is -2.95. The zero-order chi connectivity index (χ0) is 45.1. The number of fused-ring (bicyclic) bond motifs is 1. The monoisotopic (exact) mass is 892 g/mol. The van der Waals surface area contributed by atoms with E-state index in [4.69, 9.17) is 0 Å². The number of amides is 3. The average molecular weight is 893 g/mol. The lowest BCUT2D eigenvalue weighted by Crippen LogP contribution is -2.49. The number of piperidine rings is 2. The Balaban J connectivity index is 0.825. The number of ketones is 1. The van der Waals surface area contributed by atoms with Crippen molar-refractivity contribution < 1.29 is 28.0 Å². The van der Waals surface area contributed by atoms with Crippen LogP contribution in [0, 0.1) is 17.6 Å². The molecule has 6 heterocycles. The number of rotatable bonds is 12. The van der Waals surface area contributed by atoms with Gasteiger partial charge in [-0.15, -0.1) is 0 Å². The van der Waals surface area contributed by atoms with Crippen LogP contribution >= 0.6 is 12.1 Å². The van der Waals surface area contributed by atoms with E-state index < -0.39 is 28.9 Å². The SMILES string of the molecule is C=C1/C=C(c2cnc(N3CCN(C(=O)CC4CCN(c5ccc6c(C7CCC(=O)NC7=O)nn(C)c6c5)CC4)CC3)nc2)\C=N/N/C=C\1C(=O)c1c(F)ccc(NSN(C)CC)c1F. The number of allylic oxidation sites excluding steroid dienone is 4. The molecular formula is C45H50F2N12O4S. The van der Waals surface area contributed by atoms with E-state index in [2.05, 4.69) is 59.2 Å². The number of hydrogen-bond donors (Lipinski definition) is 3. The molecule has 2 aromatic carbocycles. The van der Waals surface area contributed by atoms with Gasteiger partial charge in [0.2, 0.25) is 29.5 Å². The number of Topliss-reactive ketones (excluding diaryl/α,β-unsaturated/α-hetero) is 1. The first-order valence-corrected chi connectivity index (χ1v) is 22.1. The number of nitrogens with zero attached hydrogens (tertiary/aromatic N) is 9. The van der Waals surface area contributed by atoms with Crippen molar-refractivity contribution in [3.63, 3.8) is 0 Å². The second-order valence-electron chi connectivity index (χ2n) is 16.3. The van der Waals surface area contributed by atoms with E-state index in [1.54, 1.807) is 30.2 Å². The molecule has 2 aromatic heterocycles. The number of benzene rings is 2. The quantitative estimate of drug-likeness (QED) is 0.0947. The van der Waals surface area contributed by atoms with Gasteiger partial charge in [0.25, 0.3) is 0 Å². The van der Waals surface area contributed by atoms with Crippen LogP contribution in [0.4, 0.5) is 26.1 Å². The Bertz CT molecular complexity index is 2580. The molecule has 1 atom stereocenters. The number of anilines is 3. The molecule has 0 spiro atoms. The standard InChI is InChI=1S/C45H50F2N12O4S/c1-5-55(3)64-54-36-10-9-35(46)40(41(36)47)43(62)34-26-51-50-25-29(20-27(34)2)30-23-48-45(49-24-30)59-18-16-58(17-19-59)39(61)21-28-12-14-57(15-13-28)31-6-7-32-37(22-31)56(4)53-42(32)33-8-11-38(60)52-44(33)63/h6-7,9-10,20,22-26,28,33,51,54H,2,5,8,11-19,21H2,1,3-4H3,(H,52,60,63)/b29-20+,34-26+,50-25-. The number of hydrogen-bond acceptors (Lipinski definition) is 14. The zero-order valence-corrected chi connectivity index (χ0v) is 36.8. The molecule has 3 N–H and O–H groups in total. The van der Waals surface area contributed by atoms with Crippen molar-refractivity contribution in [3.05, 3.63) is 101 Å². The maximum atomic E-state index is 15.5. The van der Waals surface area contributed by atoms with Gasteiger partial charge in [-0.05, 0) is 74.2 Å². The van der Waals surface area contributed by atoms with Gasteiger partial charge < -0.3 is 19.4 Å². The van der Waals surface area contributed by atoms with Gasteiger partial charge in [-0.2, -0.15) is 10.2 Å². The van der Waals surface area contributed by atoms with Crippen LogP contribution in [0.3, 0.4) is 0 Å². The molecule has 3 saturated heterocycles. The van der Waals surface area contributed by atoms with Crippen LogP contribution in [0.25, 0.3) is 16.5 Å². The predicted octanol–water partition coefficient (Wildman–Crippen LogP) is 5.34. The molecule has 4 aliphatic rings. The Labute approximate surface area is 373 Å². The van der Waals surface area contributed by atoms with Crippen molar-refractivity contribution in [2.75, 3.05) is 67.4 Å². The van der Waals surface area contributed by atoms with Gasteiger partial charge in [-0.3, -0.25) is 34.6 Å². The van der Waals surface area contributed by atoms with Gasteiger partial charge in [0, 0.05) is 124 Å². The molecule has 0 bridgehead atoms. The van der Waals surface area contributed by atoms with E-state index >= 15 is 4.39 Å². The molecule has 64 heavy (non-hydrogen) atoms. The Morgan fingerprint density at radius 3 is 2.47 bits per heavy atom. The van der Waals surface area contributed by atoms with Crippen LogP contribution in [-0.2, 0) is 21.4 Å². The highest BCUT2D eigenvalue weighted by atomic mass is 32.2. The lowest BCUT2D eigenvalue weighted by molar-refractivity contribution is -0.134. The summed E-state index contributed by atoms with van der Waals surface area (Å²) in [6.45, 7) is 10.5. The minimum atomic E-state index is -1.01. The third-order valence-corrected chi connectivity index (χ3v) is 13.1. The number of nitrogens with one attached hydrogen (secondary N) is 3. The van der Waals surface area contributed by atoms with Crippen LogP contribution < -0.4 is 25.3 Å². The second kappa shape index (κ2) is 19.1. The van der Waals surface area contributed by atoms with Crippen LogP contribution in [0.5, 0.6) is 0 Å². The van der Waals surface area contributed by atoms with Gasteiger partial charge in [-0.1, -0.05) is 13.5 Å². The van der Waals surface area contributed by atoms with Crippen LogP contribution in [0.1, 0.15) is 66.6 Å². The van der Waals surface area contributed by atoms with E-state index in [1.165, 1.54) is 18.5 Å². The molecule has 4 aliphatic heterocycles. The van der Waals surface area contributed by atoms with E-state index in [0.717, 1.165) is 60.7 Å². The van der Waals surface area contributed by atoms with Crippen molar-refractivity contribution in [1.82, 2.24) is 39.7 Å². The maximum Gasteiger partial charge on any atom is 0.235 e. The summed E-state index contributed by atoms with van der Waals surface area (Å²) in [6.07, 6.45) is 10.7. The molecule has 0 saturated carbocycles. The molecule has 4 aromatic rings. The highest BCUT2D eigenvalue weighted by molar-refractivity contribution is 7.98. The first-order valence-electron chi connectivity index (χ1n) is 21.4. The summed E-state index contributed by atoms with van der Waals surface area (Å²) < 4.78 is 36.9. The maximum absolute atomic E-state index is 15.5. The topological polar surface area (TPSA) is 173 Å². The van der Waals surface area contributed by atoms with Gasteiger partial charge in [0.05, 0.1) is 34.6 Å². The summed E-state index contributed by atoms with van der Waals surface area (Å²) in [7, 11) is 3.68. The van der Waals surface area contributed by atoms with Crippen LogP contribution in [0.2, 0.25) is 0 Å². The van der Waals surface area contributed by atoms with E-state index in [0.29, 0.717) is 74.8 Å². The third-order valence-electron chi connectivity index (χ3n) is 12.2. The molecule has 16 nitrogen and oxygen atoms in total. The number of carbonyl (C=O) groups is 4.